The lowest BCUT2D eigenvalue weighted by Crippen LogP contribution is -2.29. The molecule has 2 aliphatic rings. The second-order valence-corrected chi connectivity index (χ2v) is 5.04. The second-order valence-electron chi connectivity index (χ2n) is 5.04. The van der Waals surface area contributed by atoms with Gasteiger partial charge in [0, 0.05) is 31.6 Å². The average Bonchev–Trinajstić information content (AvgIpc) is 2.44. The van der Waals surface area contributed by atoms with Gasteiger partial charge in [0.15, 0.2) is 11.5 Å². The zero-order valence-electron chi connectivity index (χ0n) is 9.75. The van der Waals surface area contributed by atoms with Gasteiger partial charge in [-0.05, 0) is 31.4 Å². The number of hydrogen-bond donors (Lipinski definition) is 1. The van der Waals surface area contributed by atoms with Crippen LogP contribution in [0.1, 0.15) is 33.1 Å². The summed E-state index contributed by atoms with van der Waals surface area (Å²) in [5, 5.41) is 3.50. The van der Waals surface area contributed by atoms with E-state index < -0.39 is 5.79 Å². The van der Waals surface area contributed by atoms with Crippen molar-refractivity contribution in [1.82, 2.24) is 0 Å². The first-order valence-electron chi connectivity index (χ1n) is 5.91. The highest BCUT2D eigenvalue weighted by molar-refractivity contribution is 5.56. The van der Waals surface area contributed by atoms with E-state index in [4.69, 9.17) is 9.47 Å². The predicted octanol–water partition coefficient (Wildman–Crippen LogP) is 3.16. The smallest absolute Gasteiger partial charge is 0.246 e. The van der Waals surface area contributed by atoms with Crippen LogP contribution >= 0.6 is 0 Å². The van der Waals surface area contributed by atoms with Crippen molar-refractivity contribution in [2.45, 2.75) is 44.9 Å². The Morgan fingerprint density at radius 2 is 1.94 bits per heavy atom. The highest BCUT2D eigenvalue weighted by atomic mass is 16.7. The van der Waals surface area contributed by atoms with E-state index in [1.165, 1.54) is 19.3 Å². The number of benzene rings is 1. The van der Waals surface area contributed by atoms with Crippen molar-refractivity contribution >= 4 is 5.69 Å². The minimum atomic E-state index is -0.530. The molecule has 0 saturated heterocycles. The van der Waals surface area contributed by atoms with Gasteiger partial charge < -0.3 is 14.8 Å². The second kappa shape index (κ2) is 3.30. The third kappa shape index (κ3) is 1.70. The summed E-state index contributed by atoms with van der Waals surface area (Å²) in [7, 11) is 0. The molecule has 0 radical (unpaired) electrons. The average molecular weight is 219 g/mol. The maximum Gasteiger partial charge on any atom is 0.246 e. The third-order valence-electron chi connectivity index (χ3n) is 3.13. The molecular weight excluding hydrogens is 202 g/mol. The Kier molecular flexibility index (Phi) is 2.03. The minimum Gasteiger partial charge on any atom is -0.449 e. The normalized spacial score (nSPS) is 21.6. The topological polar surface area (TPSA) is 30.5 Å². The van der Waals surface area contributed by atoms with Crippen molar-refractivity contribution in [3.05, 3.63) is 18.2 Å². The summed E-state index contributed by atoms with van der Waals surface area (Å²) in [5.74, 6) is 1.15. The Labute approximate surface area is 95.8 Å². The highest BCUT2D eigenvalue weighted by Gasteiger charge is 2.31. The Balaban J connectivity index is 1.78. The molecule has 1 heterocycles. The number of anilines is 1. The summed E-state index contributed by atoms with van der Waals surface area (Å²) in [6, 6.07) is 6.71. The van der Waals surface area contributed by atoms with Crippen LogP contribution in [0.2, 0.25) is 0 Å². The Morgan fingerprint density at radius 1 is 1.19 bits per heavy atom. The zero-order chi connectivity index (χ0) is 11.2. The van der Waals surface area contributed by atoms with Crippen LogP contribution in [-0.4, -0.2) is 11.8 Å². The highest BCUT2D eigenvalue weighted by Crippen LogP contribution is 2.41. The van der Waals surface area contributed by atoms with Gasteiger partial charge in [-0.2, -0.15) is 0 Å². The molecular formula is C13H17NO2. The molecule has 1 aliphatic carbocycles. The molecule has 0 atom stereocenters. The van der Waals surface area contributed by atoms with Gasteiger partial charge in [0.2, 0.25) is 5.79 Å². The van der Waals surface area contributed by atoms with Crippen molar-refractivity contribution in [3.63, 3.8) is 0 Å². The zero-order valence-corrected chi connectivity index (χ0v) is 9.75. The maximum absolute atomic E-state index is 5.71. The van der Waals surface area contributed by atoms with Crippen LogP contribution < -0.4 is 14.8 Å². The standard InChI is InChI=1S/C13H17NO2/c1-13(2)15-11-7-6-10(8-12(11)16-13)14-9-4-3-5-9/h6-9,14H,3-5H2,1-2H3. The molecule has 0 unspecified atom stereocenters. The van der Waals surface area contributed by atoms with E-state index in [0.717, 1.165) is 17.2 Å². The van der Waals surface area contributed by atoms with Gasteiger partial charge in [-0.3, -0.25) is 0 Å². The molecule has 0 bridgehead atoms. The van der Waals surface area contributed by atoms with Gasteiger partial charge in [0.05, 0.1) is 0 Å². The van der Waals surface area contributed by atoms with Crippen LogP contribution in [0.4, 0.5) is 5.69 Å². The molecule has 1 saturated carbocycles. The fourth-order valence-corrected chi connectivity index (χ4v) is 2.10. The molecule has 0 spiro atoms. The van der Waals surface area contributed by atoms with Crippen LogP contribution in [0.25, 0.3) is 0 Å². The maximum atomic E-state index is 5.71. The van der Waals surface area contributed by atoms with E-state index in [0.29, 0.717) is 6.04 Å². The summed E-state index contributed by atoms with van der Waals surface area (Å²) in [6.45, 7) is 3.85. The molecule has 3 nitrogen and oxygen atoms in total. The molecule has 1 aliphatic heterocycles. The first-order chi connectivity index (χ1) is 7.62. The lowest BCUT2D eigenvalue weighted by atomic mass is 9.93. The number of rotatable bonds is 2. The molecule has 1 aromatic rings. The monoisotopic (exact) mass is 219 g/mol. The van der Waals surface area contributed by atoms with E-state index in [-0.39, 0.29) is 0 Å². The van der Waals surface area contributed by atoms with Gasteiger partial charge in [0.25, 0.3) is 0 Å². The number of hydrogen-bond acceptors (Lipinski definition) is 3. The molecule has 0 aromatic heterocycles. The number of nitrogens with one attached hydrogen (secondary N) is 1. The summed E-state index contributed by atoms with van der Waals surface area (Å²) >= 11 is 0. The Morgan fingerprint density at radius 3 is 2.62 bits per heavy atom. The van der Waals surface area contributed by atoms with Crippen LogP contribution in [0.15, 0.2) is 18.2 Å². The number of fused-ring (bicyclic) bond motifs is 1. The van der Waals surface area contributed by atoms with Gasteiger partial charge in [-0.1, -0.05) is 0 Å². The molecule has 86 valence electrons. The minimum absolute atomic E-state index is 0.530. The molecule has 16 heavy (non-hydrogen) atoms. The fraction of sp³-hybridized carbons (Fsp3) is 0.538. The van der Waals surface area contributed by atoms with Gasteiger partial charge in [-0.25, -0.2) is 0 Å². The van der Waals surface area contributed by atoms with Crippen molar-refractivity contribution in [2.75, 3.05) is 5.32 Å². The molecule has 1 fully saturated rings. The van der Waals surface area contributed by atoms with E-state index in [2.05, 4.69) is 11.4 Å². The van der Waals surface area contributed by atoms with Gasteiger partial charge in [0.1, 0.15) is 0 Å². The van der Waals surface area contributed by atoms with Crippen molar-refractivity contribution in [2.24, 2.45) is 0 Å². The Bertz CT molecular complexity index is 410. The van der Waals surface area contributed by atoms with Gasteiger partial charge >= 0.3 is 0 Å². The van der Waals surface area contributed by atoms with E-state index in [9.17, 15) is 0 Å². The number of ether oxygens (including phenoxy) is 2. The quantitative estimate of drug-likeness (QED) is 0.828. The molecule has 3 heteroatoms. The van der Waals surface area contributed by atoms with Crippen LogP contribution in [-0.2, 0) is 0 Å². The largest absolute Gasteiger partial charge is 0.449 e. The predicted molar refractivity (Wildman–Crippen MR) is 63.0 cm³/mol. The van der Waals surface area contributed by atoms with Crippen LogP contribution in [0, 0.1) is 0 Å². The van der Waals surface area contributed by atoms with Crippen LogP contribution in [0.3, 0.4) is 0 Å². The molecule has 3 rings (SSSR count). The van der Waals surface area contributed by atoms with Gasteiger partial charge in [-0.15, -0.1) is 0 Å². The lowest BCUT2D eigenvalue weighted by molar-refractivity contribution is -0.0431. The third-order valence-corrected chi connectivity index (χ3v) is 3.13. The first kappa shape index (κ1) is 9.82. The van der Waals surface area contributed by atoms with E-state index >= 15 is 0 Å². The Hall–Kier alpha value is -1.38. The fourth-order valence-electron chi connectivity index (χ4n) is 2.10. The van der Waals surface area contributed by atoms with Crippen molar-refractivity contribution in [1.29, 1.82) is 0 Å². The molecule has 1 aromatic carbocycles. The SMILES string of the molecule is CC1(C)Oc2ccc(NC3CCC3)cc2O1. The first-order valence-corrected chi connectivity index (χ1v) is 5.91. The lowest BCUT2D eigenvalue weighted by Gasteiger charge is -2.27. The van der Waals surface area contributed by atoms with E-state index in [1.54, 1.807) is 0 Å². The van der Waals surface area contributed by atoms with Crippen LogP contribution in [0.5, 0.6) is 11.5 Å². The summed E-state index contributed by atoms with van der Waals surface area (Å²) in [6.07, 6.45) is 3.90. The summed E-state index contributed by atoms with van der Waals surface area (Å²) in [4.78, 5) is 0. The van der Waals surface area contributed by atoms with E-state index in [1.807, 2.05) is 26.0 Å². The summed E-state index contributed by atoms with van der Waals surface area (Å²) in [5.41, 5.74) is 1.13. The van der Waals surface area contributed by atoms with Crippen molar-refractivity contribution < 1.29 is 9.47 Å². The van der Waals surface area contributed by atoms with Crippen molar-refractivity contribution in [3.8, 4) is 11.5 Å². The molecule has 0 amide bonds. The summed E-state index contributed by atoms with van der Waals surface area (Å²) < 4.78 is 11.4. The molecule has 1 N–H and O–H groups in total.